The third-order valence-corrected chi connectivity index (χ3v) is 5.65. The molecule has 0 heterocycles. The molecule has 0 spiro atoms. The number of thioether (sulfide) groups is 1. The maximum Gasteiger partial charge on any atom is 0.243 e. The van der Waals surface area contributed by atoms with Gasteiger partial charge in [-0.3, -0.25) is 4.79 Å². The zero-order valence-corrected chi connectivity index (χ0v) is 14.5. The maximum atomic E-state index is 12.6. The fourth-order valence-electron chi connectivity index (χ4n) is 1.98. The molecule has 1 aromatic carbocycles. The van der Waals surface area contributed by atoms with Crippen LogP contribution in [0.4, 0.5) is 0 Å². The van der Waals surface area contributed by atoms with Crippen molar-refractivity contribution in [2.45, 2.75) is 38.5 Å². The second-order valence-corrected chi connectivity index (χ2v) is 7.82. The van der Waals surface area contributed by atoms with E-state index in [1.807, 2.05) is 20.8 Å². The smallest absolute Gasteiger partial charge is 0.243 e. The molecule has 21 heavy (non-hydrogen) atoms. The van der Waals surface area contributed by atoms with E-state index in [0.717, 1.165) is 12.8 Å². The fourth-order valence-corrected chi connectivity index (χ4v) is 4.17. The zero-order chi connectivity index (χ0) is 15.9. The van der Waals surface area contributed by atoms with Crippen LogP contribution in [0.25, 0.3) is 0 Å². The van der Waals surface area contributed by atoms with Crippen molar-refractivity contribution < 1.29 is 13.2 Å². The Hall–Kier alpha value is -0.850. The van der Waals surface area contributed by atoms with Gasteiger partial charge in [-0.1, -0.05) is 32.5 Å². The average molecular weight is 329 g/mol. The Morgan fingerprint density at radius 1 is 1.05 bits per heavy atom. The Kier molecular flexibility index (Phi) is 7.42. The predicted octanol–water partition coefficient (Wildman–Crippen LogP) is 3.39. The minimum absolute atomic E-state index is 0.0274. The second kappa shape index (κ2) is 8.56. The lowest BCUT2D eigenvalue weighted by Crippen LogP contribution is -2.32. The molecule has 0 saturated heterocycles. The van der Waals surface area contributed by atoms with Gasteiger partial charge in [0.25, 0.3) is 0 Å². The van der Waals surface area contributed by atoms with Crippen molar-refractivity contribution >= 4 is 26.9 Å². The monoisotopic (exact) mass is 329 g/mol. The number of sulfonamides is 1. The summed E-state index contributed by atoms with van der Waals surface area (Å²) in [6.45, 7) is 6.86. The summed E-state index contributed by atoms with van der Waals surface area (Å²) in [5, 5.41) is -0.0274. The minimum Gasteiger partial charge on any atom is -0.282 e. The quantitative estimate of drug-likeness (QED) is 0.733. The number of carbonyl (C=O) groups excluding carboxylic acids is 1. The molecule has 0 aromatic heterocycles. The standard InChI is InChI=1S/C15H23NO3S2/c1-4-11-16(12-5-2)21(18,19)14-9-7-13(8-10-14)15(17)20-6-3/h7-10H,4-6,11-12H2,1-3H3. The largest absolute Gasteiger partial charge is 0.282 e. The highest BCUT2D eigenvalue weighted by Gasteiger charge is 2.23. The molecule has 0 N–H and O–H groups in total. The molecule has 0 amide bonds. The molecule has 0 saturated carbocycles. The van der Waals surface area contributed by atoms with E-state index in [0.29, 0.717) is 24.4 Å². The Morgan fingerprint density at radius 3 is 2.00 bits per heavy atom. The van der Waals surface area contributed by atoms with Crippen LogP contribution < -0.4 is 0 Å². The van der Waals surface area contributed by atoms with E-state index in [4.69, 9.17) is 0 Å². The molecule has 0 unspecified atom stereocenters. The van der Waals surface area contributed by atoms with Gasteiger partial charge in [-0.25, -0.2) is 8.42 Å². The zero-order valence-electron chi connectivity index (χ0n) is 12.8. The average Bonchev–Trinajstić information content (AvgIpc) is 2.47. The number of benzene rings is 1. The van der Waals surface area contributed by atoms with Gasteiger partial charge in [0.15, 0.2) is 0 Å². The van der Waals surface area contributed by atoms with E-state index in [9.17, 15) is 13.2 Å². The number of hydrogen-bond donors (Lipinski definition) is 0. The van der Waals surface area contributed by atoms with E-state index < -0.39 is 10.0 Å². The van der Waals surface area contributed by atoms with Gasteiger partial charge in [-0.15, -0.1) is 0 Å². The molecular weight excluding hydrogens is 306 g/mol. The highest BCUT2D eigenvalue weighted by Crippen LogP contribution is 2.19. The van der Waals surface area contributed by atoms with Gasteiger partial charge in [0.1, 0.15) is 0 Å². The van der Waals surface area contributed by atoms with Crippen molar-refractivity contribution in [2.75, 3.05) is 18.8 Å². The summed E-state index contributed by atoms with van der Waals surface area (Å²) < 4.78 is 26.6. The van der Waals surface area contributed by atoms with Crippen molar-refractivity contribution in [3.8, 4) is 0 Å². The Labute approximate surface area is 132 Å². The molecule has 0 atom stereocenters. The van der Waals surface area contributed by atoms with Crippen LogP contribution in [0, 0.1) is 0 Å². The van der Waals surface area contributed by atoms with Gasteiger partial charge in [-0.05, 0) is 42.9 Å². The van der Waals surface area contributed by atoms with Crippen LogP contribution in [0.2, 0.25) is 0 Å². The van der Waals surface area contributed by atoms with Crippen LogP contribution in [-0.4, -0.2) is 36.7 Å². The lowest BCUT2D eigenvalue weighted by molar-refractivity contribution is 0.108. The fraction of sp³-hybridized carbons (Fsp3) is 0.533. The molecule has 4 nitrogen and oxygen atoms in total. The molecule has 118 valence electrons. The number of hydrogen-bond acceptors (Lipinski definition) is 4. The molecule has 0 aliphatic heterocycles. The first kappa shape index (κ1) is 18.2. The van der Waals surface area contributed by atoms with E-state index in [1.54, 1.807) is 12.1 Å². The predicted molar refractivity (Wildman–Crippen MR) is 88.2 cm³/mol. The van der Waals surface area contributed by atoms with Crippen LogP contribution in [-0.2, 0) is 10.0 Å². The van der Waals surface area contributed by atoms with Gasteiger partial charge in [0.2, 0.25) is 15.1 Å². The molecule has 0 fully saturated rings. The minimum atomic E-state index is -3.46. The molecular formula is C15H23NO3S2. The summed E-state index contributed by atoms with van der Waals surface area (Å²) >= 11 is 1.22. The first-order valence-corrected chi connectivity index (χ1v) is 9.67. The third-order valence-electron chi connectivity index (χ3n) is 2.95. The molecule has 0 bridgehead atoms. The van der Waals surface area contributed by atoms with E-state index in [1.165, 1.54) is 28.2 Å². The number of rotatable bonds is 8. The Morgan fingerprint density at radius 2 is 1.57 bits per heavy atom. The number of nitrogens with zero attached hydrogens (tertiary/aromatic N) is 1. The first-order chi connectivity index (χ1) is 9.97. The van der Waals surface area contributed by atoms with Crippen LogP contribution in [0.5, 0.6) is 0 Å². The van der Waals surface area contributed by atoms with Crippen molar-refractivity contribution in [3.63, 3.8) is 0 Å². The van der Waals surface area contributed by atoms with E-state index >= 15 is 0 Å². The normalized spacial score (nSPS) is 11.8. The molecule has 1 rings (SSSR count). The SMILES string of the molecule is CCCN(CCC)S(=O)(=O)c1ccc(C(=O)SCC)cc1. The Balaban J connectivity index is 3.00. The lowest BCUT2D eigenvalue weighted by atomic mass is 10.2. The van der Waals surface area contributed by atoms with Gasteiger partial charge >= 0.3 is 0 Å². The summed E-state index contributed by atoms with van der Waals surface area (Å²) in [4.78, 5) is 12.0. The van der Waals surface area contributed by atoms with Crippen molar-refractivity contribution in [3.05, 3.63) is 29.8 Å². The van der Waals surface area contributed by atoms with Gasteiger partial charge in [0, 0.05) is 18.7 Å². The topological polar surface area (TPSA) is 54.5 Å². The van der Waals surface area contributed by atoms with Crippen LogP contribution in [0.1, 0.15) is 44.0 Å². The van der Waals surface area contributed by atoms with Gasteiger partial charge < -0.3 is 0 Å². The molecule has 0 aliphatic carbocycles. The van der Waals surface area contributed by atoms with Crippen LogP contribution in [0.3, 0.4) is 0 Å². The second-order valence-electron chi connectivity index (χ2n) is 4.65. The van der Waals surface area contributed by atoms with Crippen molar-refractivity contribution in [2.24, 2.45) is 0 Å². The highest BCUT2D eigenvalue weighted by molar-refractivity contribution is 8.14. The third kappa shape index (κ3) is 4.83. The van der Waals surface area contributed by atoms with E-state index in [-0.39, 0.29) is 10.0 Å². The van der Waals surface area contributed by atoms with Crippen LogP contribution in [0.15, 0.2) is 29.2 Å². The summed E-state index contributed by atoms with van der Waals surface area (Å²) in [5.41, 5.74) is 0.540. The molecule has 1 aromatic rings. The number of carbonyl (C=O) groups is 1. The summed E-state index contributed by atoms with van der Waals surface area (Å²) in [6, 6.07) is 6.23. The maximum absolute atomic E-state index is 12.6. The van der Waals surface area contributed by atoms with Gasteiger partial charge in [0.05, 0.1) is 4.90 Å². The highest BCUT2D eigenvalue weighted by atomic mass is 32.2. The molecule has 6 heteroatoms. The van der Waals surface area contributed by atoms with Crippen molar-refractivity contribution in [1.29, 1.82) is 0 Å². The van der Waals surface area contributed by atoms with Crippen molar-refractivity contribution in [1.82, 2.24) is 4.31 Å². The molecule has 0 radical (unpaired) electrons. The van der Waals surface area contributed by atoms with Crippen LogP contribution >= 0.6 is 11.8 Å². The van der Waals surface area contributed by atoms with E-state index in [2.05, 4.69) is 0 Å². The van der Waals surface area contributed by atoms with Gasteiger partial charge in [-0.2, -0.15) is 4.31 Å². The summed E-state index contributed by atoms with van der Waals surface area (Å²) in [5.74, 6) is 0.708. The summed E-state index contributed by atoms with van der Waals surface area (Å²) in [6.07, 6.45) is 1.56. The first-order valence-electron chi connectivity index (χ1n) is 7.24. The summed E-state index contributed by atoms with van der Waals surface area (Å²) in [7, 11) is -3.46. The molecule has 0 aliphatic rings. The Bertz CT molecular complexity index is 547. The lowest BCUT2D eigenvalue weighted by Gasteiger charge is -2.21.